The van der Waals surface area contributed by atoms with Crippen molar-refractivity contribution in [3.8, 4) is 0 Å². The van der Waals surface area contributed by atoms with Crippen molar-refractivity contribution < 1.29 is 38.4 Å². The van der Waals surface area contributed by atoms with Crippen LogP contribution in [0.2, 0.25) is 0 Å². The summed E-state index contributed by atoms with van der Waals surface area (Å²) >= 11 is 0. The summed E-state index contributed by atoms with van der Waals surface area (Å²) in [6, 6.07) is 0. The molecular weight excluding hydrogens is 410 g/mol. The molecule has 11 heteroatoms. The minimum atomic E-state index is -0.730. The Kier molecular flexibility index (Phi) is 23.8. The van der Waals surface area contributed by atoms with Crippen molar-refractivity contribution in [2.45, 2.75) is 38.5 Å². The van der Waals surface area contributed by atoms with Crippen LogP contribution in [-0.4, -0.2) is 76.7 Å². The number of nitrogens with one attached hydrogen (secondary N) is 2. The van der Waals surface area contributed by atoms with Crippen LogP contribution in [0.15, 0.2) is 13.2 Å². The molecule has 0 atom stereocenters. The van der Waals surface area contributed by atoms with E-state index in [1.54, 1.807) is 0 Å². The first-order valence-corrected chi connectivity index (χ1v) is 10.1. The Hall–Kier alpha value is -2.34. The van der Waals surface area contributed by atoms with Crippen molar-refractivity contribution in [1.29, 1.82) is 0 Å². The van der Waals surface area contributed by atoms with Gasteiger partial charge >= 0.3 is 6.09 Å². The molecule has 0 unspecified atom stereocenters. The molecule has 2 amide bonds. The molecule has 0 aromatic heterocycles. The second-order valence-corrected chi connectivity index (χ2v) is 6.04. The summed E-state index contributed by atoms with van der Waals surface area (Å²) in [5.74, 6) is -0.814. The van der Waals surface area contributed by atoms with Gasteiger partial charge in [0.25, 0.3) is 0 Å². The Balaban J connectivity index is 0. The standard InChI is InChI=1S/C18H33N3O8.C2H4/c1-26-29-10-3-2-5-15(22)13-20-17(24)7-6-16(23)14-21-18(25)28-12-11-27-9-4-8-19;1-2/h2-14,19H2,1H3,(H,20,24)(H,21,25);1-2H2. The molecule has 0 saturated heterocycles. The van der Waals surface area contributed by atoms with Gasteiger partial charge in [-0.3, -0.25) is 14.4 Å². The van der Waals surface area contributed by atoms with Crippen LogP contribution in [0.25, 0.3) is 0 Å². The highest BCUT2D eigenvalue weighted by molar-refractivity contribution is 5.89. The average molecular weight is 448 g/mol. The predicted octanol–water partition coefficient (Wildman–Crippen LogP) is 0.663. The molecule has 0 aliphatic carbocycles. The molecule has 0 fully saturated rings. The number of amides is 2. The van der Waals surface area contributed by atoms with Crippen LogP contribution in [0.5, 0.6) is 0 Å². The SMILES string of the molecule is C=C.COOCCCCC(=O)CNC(=O)CCC(=O)CNC(=O)OCCOCCCN. The molecule has 11 nitrogen and oxygen atoms in total. The number of alkyl carbamates (subject to hydrolysis) is 1. The maximum Gasteiger partial charge on any atom is 0.407 e. The van der Waals surface area contributed by atoms with Crippen molar-refractivity contribution in [3.63, 3.8) is 0 Å². The summed E-state index contributed by atoms with van der Waals surface area (Å²) < 4.78 is 9.99. The smallest absolute Gasteiger partial charge is 0.407 e. The Bertz CT molecular complexity index is 503. The lowest BCUT2D eigenvalue weighted by atomic mass is 10.1. The number of carbonyl (C=O) groups excluding carboxylic acids is 4. The van der Waals surface area contributed by atoms with E-state index in [2.05, 4.69) is 33.6 Å². The number of unbranched alkanes of at least 4 members (excludes halogenated alkanes) is 1. The van der Waals surface area contributed by atoms with Crippen LogP contribution in [-0.2, 0) is 33.6 Å². The zero-order valence-electron chi connectivity index (χ0n) is 18.4. The number of hydrogen-bond donors (Lipinski definition) is 3. The van der Waals surface area contributed by atoms with E-state index >= 15 is 0 Å². The number of hydrogen-bond acceptors (Lipinski definition) is 9. The van der Waals surface area contributed by atoms with E-state index in [1.165, 1.54) is 7.11 Å². The fourth-order valence-electron chi connectivity index (χ4n) is 1.98. The molecule has 0 heterocycles. The highest BCUT2D eigenvalue weighted by atomic mass is 17.2. The maximum atomic E-state index is 11.7. The third kappa shape index (κ3) is 23.8. The minimum absolute atomic E-state index is 0.0448. The number of rotatable bonds is 19. The molecule has 0 radical (unpaired) electrons. The van der Waals surface area contributed by atoms with Crippen molar-refractivity contribution in [2.75, 3.05) is 53.2 Å². The van der Waals surface area contributed by atoms with E-state index in [1.807, 2.05) is 0 Å². The molecule has 180 valence electrons. The Morgan fingerprint density at radius 1 is 0.806 bits per heavy atom. The molecule has 0 aromatic rings. The quantitative estimate of drug-likeness (QED) is 0.112. The lowest BCUT2D eigenvalue weighted by Crippen LogP contribution is -2.32. The highest BCUT2D eigenvalue weighted by Gasteiger charge is 2.10. The van der Waals surface area contributed by atoms with E-state index < -0.39 is 12.0 Å². The van der Waals surface area contributed by atoms with Crippen molar-refractivity contribution in [1.82, 2.24) is 10.6 Å². The van der Waals surface area contributed by atoms with E-state index in [4.69, 9.17) is 15.2 Å². The normalized spacial score (nSPS) is 9.87. The summed E-state index contributed by atoms with van der Waals surface area (Å²) in [6.07, 6.45) is 1.54. The van der Waals surface area contributed by atoms with Gasteiger partial charge in [0.05, 0.1) is 33.4 Å². The lowest BCUT2D eigenvalue weighted by Gasteiger charge is -2.07. The molecule has 0 saturated carbocycles. The molecule has 31 heavy (non-hydrogen) atoms. The number of Topliss-reactive ketones (excluding diaryl/α,β-unsaturated/α-hetero) is 2. The summed E-state index contributed by atoms with van der Waals surface area (Å²) in [5.41, 5.74) is 5.31. The molecule has 0 aliphatic heterocycles. The van der Waals surface area contributed by atoms with Crippen molar-refractivity contribution >= 4 is 23.6 Å². The largest absolute Gasteiger partial charge is 0.447 e. The topological polar surface area (TPSA) is 155 Å². The van der Waals surface area contributed by atoms with Crippen LogP contribution in [0.4, 0.5) is 4.79 Å². The first-order chi connectivity index (χ1) is 15.0. The summed E-state index contributed by atoms with van der Waals surface area (Å²) in [6.45, 7) is 7.45. The Morgan fingerprint density at radius 3 is 2.16 bits per heavy atom. The molecule has 0 rings (SSSR count). The fraction of sp³-hybridized carbons (Fsp3) is 0.700. The van der Waals surface area contributed by atoms with E-state index in [9.17, 15) is 19.2 Å². The van der Waals surface area contributed by atoms with Crippen LogP contribution < -0.4 is 16.4 Å². The van der Waals surface area contributed by atoms with Gasteiger partial charge in [-0.15, -0.1) is 13.2 Å². The molecular formula is C20H37N3O8. The third-order valence-electron chi connectivity index (χ3n) is 3.55. The summed E-state index contributed by atoms with van der Waals surface area (Å²) in [4.78, 5) is 55.5. The molecule has 4 N–H and O–H groups in total. The van der Waals surface area contributed by atoms with Gasteiger partial charge in [0.1, 0.15) is 6.61 Å². The first-order valence-electron chi connectivity index (χ1n) is 10.1. The number of nitrogens with two attached hydrogens (primary N) is 1. The van der Waals surface area contributed by atoms with Crippen LogP contribution >= 0.6 is 0 Å². The van der Waals surface area contributed by atoms with E-state index in [0.29, 0.717) is 39.0 Å². The van der Waals surface area contributed by atoms with Crippen molar-refractivity contribution in [3.05, 3.63) is 13.2 Å². The van der Waals surface area contributed by atoms with Gasteiger partial charge in [-0.2, -0.15) is 0 Å². The Morgan fingerprint density at radius 2 is 1.48 bits per heavy atom. The van der Waals surface area contributed by atoms with Gasteiger partial charge in [-0.05, 0) is 25.8 Å². The number of ketones is 2. The average Bonchev–Trinajstić information content (AvgIpc) is 2.78. The van der Waals surface area contributed by atoms with E-state index in [0.717, 1.165) is 6.42 Å². The van der Waals surface area contributed by atoms with Crippen molar-refractivity contribution in [2.24, 2.45) is 5.73 Å². The fourth-order valence-corrected chi connectivity index (χ4v) is 1.98. The van der Waals surface area contributed by atoms with Gasteiger partial charge in [0.15, 0.2) is 11.6 Å². The van der Waals surface area contributed by atoms with Gasteiger partial charge < -0.3 is 25.8 Å². The molecule has 0 aliphatic rings. The molecule has 0 aromatic carbocycles. The lowest BCUT2D eigenvalue weighted by molar-refractivity contribution is -0.272. The van der Waals surface area contributed by atoms with Crippen LogP contribution in [0, 0.1) is 0 Å². The zero-order chi connectivity index (χ0) is 23.7. The van der Waals surface area contributed by atoms with Gasteiger partial charge in [0, 0.05) is 25.9 Å². The molecule has 0 spiro atoms. The second kappa shape index (κ2) is 23.9. The third-order valence-corrected chi connectivity index (χ3v) is 3.55. The monoisotopic (exact) mass is 447 g/mol. The van der Waals surface area contributed by atoms with Gasteiger partial charge in [-0.1, -0.05) is 0 Å². The predicted molar refractivity (Wildman–Crippen MR) is 114 cm³/mol. The van der Waals surface area contributed by atoms with Gasteiger partial charge in [0.2, 0.25) is 5.91 Å². The van der Waals surface area contributed by atoms with E-state index in [-0.39, 0.29) is 50.7 Å². The zero-order valence-corrected chi connectivity index (χ0v) is 18.4. The molecule has 0 bridgehead atoms. The first kappa shape index (κ1) is 30.9. The highest BCUT2D eigenvalue weighted by Crippen LogP contribution is 1.97. The summed E-state index contributed by atoms with van der Waals surface area (Å²) in [5, 5.41) is 4.78. The summed E-state index contributed by atoms with van der Waals surface area (Å²) in [7, 11) is 1.41. The van der Waals surface area contributed by atoms with Gasteiger partial charge in [-0.25, -0.2) is 14.6 Å². The number of carbonyl (C=O) groups is 4. The second-order valence-electron chi connectivity index (χ2n) is 6.04. The Labute approximate surface area is 183 Å². The van der Waals surface area contributed by atoms with Crippen LogP contribution in [0.3, 0.4) is 0 Å². The van der Waals surface area contributed by atoms with Crippen LogP contribution in [0.1, 0.15) is 38.5 Å². The number of ether oxygens (including phenoxy) is 2. The minimum Gasteiger partial charge on any atom is -0.447 e. The maximum absolute atomic E-state index is 11.7.